The first-order valence-corrected chi connectivity index (χ1v) is 8.22. The summed E-state index contributed by atoms with van der Waals surface area (Å²) in [6, 6.07) is 16.6. The highest BCUT2D eigenvalue weighted by Crippen LogP contribution is 2.15. The third kappa shape index (κ3) is 7.24. The molecule has 0 aliphatic carbocycles. The Hall–Kier alpha value is -2.57. The maximum atomic E-state index is 11.9. The number of hydrogen-bond acceptors (Lipinski definition) is 3. The van der Waals surface area contributed by atoms with Crippen molar-refractivity contribution in [3.8, 4) is 5.75 Å². The second-order valence-corrected chi connectivity index (χ2v) is 6.07. The van der Waals surface area contributed by atoms with E-state index in [0.29, 0.717) is 10.8 Å². The van der Waals surface area contributed by atoms with Gasteiger partial charge in [0.15, 0.2) is 13.2 Å². The number of ether oxygens (including phenoxy) is 1. The number of nitrogens with one attached hydrogen (secondary N) is 3. The summed E-state index contributed by atoms with van der Waals surface area (Å²) < 4.78 is 5.29. The highest BCUT2D eigenvalue weighted by molar-refractivity contribution is 6.30. The summed E-state index contributed by atoms with van der Waals surface area (Å²) >= 11 is 5.77. The van der Waals surface area contributed by atoms with Gasteiger partial charge in [-0.3, -0.25) is 20.4 Å². The molecule has 3 N–H and O–H groups in total. The fraction of sp³-hybridized carbons (Fsp3) is 0.222. The monoisotopic (exact) mass is 362 g/mol. The van der Waals surface area contributed by atoms with Crippen LogP contribution in [-0.2, 0) is 16.1 Å². The van der Waals surface area contributed by atoms with Crippen LogP contribution in [0.15, 0.2) is 54.6 Å². The van der Waals surface area contributed by atoms with E-state index in [2.05, 4.69) is 10.9 Å². The number of benzene rings is 2. The van der Waals surface area contributed by atoms with Gasteiger partial charge in [-0.25, -0.2) is 0 Å². The van der Waals surface area contributed by atoms with Gasteiger partial charge < -0.3 is 9.64 Å². The molecule has 0 bridgehead atoms. The zero-order chi connectivity index (χ0) is 18.1. The summed E-state index contributed by atoms with van der Waals surface area (Å²) in [6.07, 6.45) is 0. The summed E-state index contributed by atoms with van der Waals surface area (Å²) in [5.41, 5.74) is 5.86. The first-order valence-electron chi connectivity index (χ1n) is 7.84. The molecule has 0 radical (unpaired) electrons. The molecule has 2 aromatic carbocycles. The number of rotatable bonds is 7. The van der Waals surface area contributed by atoms with E-state index in [1.807, 2.05) is 37.4 Å². The molecule has 2 aromatic rings. The Balaban J connectivity index is 1.65. The van der Waals surface area contributed by atoms with Crippen LogP contribution in [0.1, 0.15) is 5.56 Å². The van der Waals surface area contributed by atoms with Crippen molar-refractivity contribution in [1.29, 1.82) is 0 Å². The van der Waals surface area contributed by atoms with Crippen molar-refractivity contribution < 1.29 is 19.2 Å². The zero-order valence-corrected chi connectivity index (χ0v) is 14.7. The average molecular weight is 363 g/mol. The molecule has 0 saturated heterocycles. The van der Waals surface area contributed by atoms with Gasteiger partial charge in [0.1, 0.15) is 12.3 Å². The van der Waals surface area contributed by atoms with E-state index in [9.17, 15) is 9.59 Å². The Bertz CT molecular complexity index is 692. The average Bonchev–Trinajstić information content (AvgIpc) is 2.60. The van der Waals surface area contributed by atoms with Gasteiger partial charge in [-0.1, -0.05) is 41.9 Å². The summed E-state index contributed by atoms with van der Waals surface area (Å²) in [5, 5.41) is 0.589. The van der Waals surface area contributed by atoms with Crippen molar-refractivity contribution in [1.82, 2.24) is 10.9 Å². The fourth-order valence-electron chi connectivity index (χ4n) is 2.18. The lowest BCUT2D eigenvalue weighted by Gasteiger charge is -2.14. The molecule has 25 heavy (non-hydrogen) atoms. The minimum Gasteiger partial charge on any atom is -0.484 e. The zero-order valence-electron chi connectivity index (χ0n) is 13.9. The summed E-state index contributed by atoms with van der Waals surface area (Å²) in [4.78, 5) is 24.5. The number of carbonyl (C=O) groups excluding carboxylic acids is 2. The Morgan fingerprint density at radius 3 is 2.32 bits per heavy atom. The van der Waals surface area contributed by atoms with E-state index in [0.717, 1.165) is 17.0 Å². The van der Waals surface area contributed by atoms with E-state index >= 15 is 0 Å². The lowest BCUT2D eigenvalue weighted by atomic mass is 10.2. The first-order chi connectivity index (χ1) is 12.0. The van der Waals surface area contributed by atoms with Crippen LogP contribution in [0.4, 0.5) is 0 Å². The van der Waals surface area contributed by atoms with E-state index in [4.69, 9.17) is 16.3 Å². The van der Waals surface area contributed by atoms with Crippen LogP contribution in [0.5, 0.6) is 5.75 Å². The largest absolute Gasteiger partial charge is 0.484 e. The molecular weight excluding hydrogens is 342 g/mol. The normalized spacial score (nSPS) is 11.4. The smallest absolute Gasteiger partial charge is 0.293 e. The molecule has 0 heterocycles. The van der Waals surface area contributed by atoms with Gasteiger partial charge >= 0.3 is 0 Å². The molecule has 2 rings (SSSR count). The lowest BCUT2D eigenvalue weighted by Crippen LogP contribution is -3.09. The molecule has 2 amide bonds. The number of carbonyl (C=O) groups is 2. The predicted octanol–water partition coefficient (Wildman–Crippen LogP) is 0.581. The van der Waals surface area contributed by atoms with E-state index in [-0.39, 0.29) is 19.1 Å². The molecule has 1 unspecified atom stereocenters. The Morgan fingerprint density at radius 2 is 1.64 bits per heavy atom. The van der Waals surface area contributed by atoms with Gasteiger partial charge in [-0.05, 0) is 24.3 Å². The topological polar surface area (TPSA) is 71.9 Å². The number of likely N-dealkylation sites (N-methyl/N-ethyl adjacent to an activating group) is 1. The van der Waals surface area contributed by atoms with Gasteiger partial charge in [0.2, 0.25) is 0 Å². The summed E-state index contributed by atoms with van der Waals surface area (Å²) in [7, 11) is 1.91. The van der Waals surface area contributed by atoms with Gasteiger partial charge in [0.25, 0.3) is 11.8 Å². The molecule has 1 atom stereocenters. The van der Waals surface area contributed by atoms with Crippen LogP contribution >= 0.6 is 11.6 Å². The van der Waals surface area contributed by atoms with E-state index in [1.54, 1.807) is 24.3 Å². The Morgan fingerprint density at radius 1 is 1.00 bits per heavy atom. The quantitative estimate of drug-likeness (QED) is 0.631. The molecule has 132 valence electrons. The third-order valence-corrected chi connectivity index (χ3v) is 3.59. The highest BCUT2D eigenvalue weighted by Gasteiger charge is 2.11. The summed E-state index contributed by atoms with van der Waals surface area (Å²) in [5.74, 6) is -0.185. The number of quaternary nitrogens is 1. The molecule has 7 heteroatoms. The first kappa shape index (κ1) is 18.8. The highest BCUT2D eigenvalue weighted by atomic mass is 35.5. The maximum absolute atomic E-state index is 11.9. The molecule has 0 fully saturated rings. The van der Waals surface area contributed by atoms with Gasteiger partial charge in [0.05, 0.1) is 7.05 Å². The molecule has 0 aliphatic rings. The van der Waals surface area contributed by atoms with Gasteiger partial charge in [-0.15, -0.1) is 0 Å². The fourth-order valence-corrected chi connectivity index (χ4v) is 2.31. The molecule has 0 aromatic heterocycles. The number of hydrogen-bond donors (Lipinski definition) is 3. The number of halogens is 1. The summed E-state index contributed by atoms with van der Waals surface area (Å²) in [6.45, 7) is 0.768. The van der Waals surface area contributed by atoms with E-state index < -0.39 is 5.91 Å². The van der Waals surface area contributed by atoms with Crippen LogP contribution in [-0.4, -0.2) is 32.0 Å². The van der Waals surface area contributed by atoms with Crippen molar-refractivity contribution >= 4 is 23.4 Å². The minimum absolute atomic E-state index is 0.200. The molecule has 6 nitrogen and oxygen atoms in total. The molecule has 0 saturated carbocycles. The number of hydrazine groups is 1. The Kier molecular flexibility index (Phi) is 7.25. The van der Waals surface area contributed by atoms with Crippen molar-refractivity contribution in [3.05, 3.63) is 65.2 Å². The maximum Gasteiger partial charge on any atom is 0.293 e. The predicted molar refractivity (Wildman–Crippen MR) is 95.1 cm³/mol. The molecular formula is C18H21ClN3O3+. The molecule has 0 spiro atoms. The van der Waals surface area contributed by atoms with Crippen molar-refractivity contribution in [3.63, 3.8) is 0 Å². The standard InChI is InChI=1S/C18H20ClN3O3/c1-22(11-14-5-3-2-4-6-14)12-17(23)20-21-18(24)13-25-16-9-7-15(19)8-10-16/h2-10H,11-13H2,1H3,(H,20,23)(H,21,24)/p+1. The van der Waals surface area contributed by atoms with Crippen LogP contribution in [0.3, 0.4) is 0 Å². The second kappa shape index (κ2) is 9.66. The lowest BCUT2D eigenvalue weighted by molar-refractivity contribution is -0.885. The van der Waals surface area contributed by atoms with Gasteiger partial charge in [0, 0.05) is 10.6 Å². The van der Waals surface area contributed by atoms with E-state index in [1.165, 1.54) is 0 Å². The van der Waals surface area contributed by atoms with Crippen molar-refractivity contribution in [2.75, 3.05) is 20.2 Å². The van der Waals surface area contributed by atoms with Crippen LogP contribution < -0.4 is 20.5 Å². The third-order valence-electron chi connectivity index (χ3n) is 3.34. The SMILES string of the molecule is C[NH+](CC(=O)NNC(=O)COc1ccc(Cl)cc1)Cc1ccccc1. The number of amides is 2. The van der Waals surface area contributed by atoms with Crippen molar-refractivity contribution in [2.24, 2.45) is 0 Å². The Labute approximate surface area is 151 Å². The minimum atomic E-state index is -0.441. The molecule has 0 aliphatic heterocycles. The van der Waals surface area contributed by atoms with Crippen LogP contribution in [0.25, 0.3) is 0 Å². The van der Waals surface area contributed by atoms with Gasteiger partial charge in [-0.2, -0.15) is 0 Å². The van der Waals surface area contributed by atoms with Crippen LogP contribution in [0.2, 0.25) is 5.02 Å². The second-order valence-electron chi connectivity index (χ2n) is 5.64. The van der Waals surface area contributed by atoms with Crippen molar-refractivity contribution in [2.45, 2.75) is 6.54 Å². The van der Waals surface area contributed by atoms with Crippen LogP contribution in [0, 0.1) is 0 Å².